The predicted octanol–water partition coefficient (Wildman–Crippen LogP) is 4.92. The molecule has 4 rings (SSSR count). The highest BCUT2D eigenvalue weighted by Gasteiger charge is 2.60. The third kappa shape index (κ3) is 4.08. The molecule has 0 aliphatic heterocycles. The molecule has 3 aromatic rings. The van der Waals surface area contributed by atoms with Gasteiger partial charge in [0.1, 0.15) is 11.5 Å². The van der Waals surface area contributed by atoms with Gasteiger partial charge in [0.2, 0.25) is 5.91 Å². The van der Waals surface area contributed by atoms with Crippen LogP contribution < -0.4 is 14.9 Å². The lowest BCUT2D eigenvalue weighted by atomic mass is 9.85. The van der Waals surface area contributed by atoms with Crippen LogP contribution in [0.2, 0.25) is 0 Å². The zero-order valence-corrected chi connectivity index (χ0v) is 18.9. The molecule has 0 saturated heterocycles. The highest BCUT2D eigenvalue weighted by Crippen LogP contribution is 2.58. The molecule has 31 heavy (non-hydrogen) atoms. The summed E-state index contributed by atoms with van der Waals surface area (Å²) in [4.78, 5) is 13.0. The minimum atomic E-state index is -0.317. The van der Waals surface area contributed by atoms with Gasteiger partial charge < -0.3 is 9.47 Å². The van der Waals surface area contributed by atoms with Crippen molar-refractivity contribution < 1.29 is 14.3 Å². The second-order valence-corrected chi connectivity index (χ2v) is 8.28. The van der Waals surface area contributed by atoms with Crippen molar-refractivity contribution in [1.29, 1.82) is 0 Å². The average molecular weight is 479 g/mol. The molecule has 6 heteroatoms. The van der Waals surface area contributed by atoms with E-state index >= 15 is 0 Å². The number of amides is 1. The van der Waals surface area contributed by atoms with E-state index < -0.39 is 0 Å². The molecule has 0 aromatic heterocycles. The number of rotatable bonds is 7. The molecule has 0 heterocycles. The number of ether oxygens (including phenoxy) is 2. The number of hydrogen-bond donors (Lipinski definition) is 1. The van der Waals surface area contributed by atoms with Gasteiger partial charge in [0, 0.05) is 17.0 Å². The lowest BCUT2D eigenvalue weighted by molar-refractivity contribution is -0.122. The van der Waals surface area contributed by atoms with Gasteiger partial charge in [-0.15, -0.1) is 0 Å². The lowest BCUT2D eigenvalue weighted by Crippen LogP contribution is -2.25. The Labute approximate surface area is 190 Å². The van der Waals surface area contributed by atoms with Gasteiger partial charge in [-0.05, 0) is 39.5 Å². The van der Waals surface area contributed by atoms with Gasteiger partial charge in [0.25, 0.3) is 0 Å². The topological polar surface area (TPSA) is 59.9 Å². The Hall–Kier alpha value is -3.12. The van der Waals surface area contributed by atoms with Crippen LogP contribution >= 0.6 is 15.9 Å². The molecule has 0 unspecified atom stereocenters. The van der Waals surface area contributed by atoms with Crippen LogP contribution in [0.1, 0.15) is 23.1 Å². The third-order valence-corrected chi connectivity index (χ3v) is 6.36. The number of hydrogen-bond acceptors (Lipinski definition) is 4. The van der Waals surface area contributed by atoms with Crippen molar-refractivity contribution in [3.8, 4) is 11.5 Å². The second-order valence-electron chi connectivity index (χ2n) is 7.42. The van der Waals surface area contributed by atoms with Crippen LogP contribution in [0.3, 0.4) is 0 Å². The summed E-state index contributed by atoms with van der Waals surface area (Å²) in [7, 11) is 3.17. The Balaban J connectivity index is 1.54. The van der Waals surface area contributed by atoms with Crippen molar-refractivity contribution in [1.82, 2.24) is 5.43 Å². The summed E-state index contributed by atoms with van der Waals surface area (Å²) in [5.41, 5.74) is 5.41. The fourth-order valence-corrected chi connectivity index (χ4v) is 4.61. The summed E-state index contributed by atoms with van der Waals surface area (Å²) in [6.45, 7) is 0. The summed E-state index contributed by atoms with van der Waals surface area (Å²) in [5.74, 6) is 0.980. The molecule has 1 N–H and O–H groups in total. The normalized spacial score (nSPS) is 16.7. The molecule has 1 aliphatic rings. The number of nitrogens with one attached hydrogen (secondary N) is 1. The summed E-state index contributed by atoms with van der Waals surface area (Å²) in [6.07, 6.45) is 2.33. The molecule has 1 atom stereocenters. The van der Waals surface area contributed by atoms with Gasteiger partial charge in [-0.3, -0.25) is 4.79 Å². The Kier molecular flexibility index (Phi) is 6.09. The standard InChI is InChI=1S/C25H23BrN2O3/c1-30-22-14-23(31-2)21(26)13-17(22)16-27-28-24(29)20-15-25(20,18-9-5-3-6-10-18)19-11-7-4-8-12-19/h3-14,16,20H,15H2,1-2H3,(H,28,29)/t20-/m0/s1. The molecule has 1 saturated carbocycles. The van der Waals surface area contributed by atoms with E-state index in [1.54, 1.807) is 26.5 Å². The van der Waals surface area contributed by atoms with Crippen molar-refractivity contribution >= 4 is 28.1 Å². The zero-order chi connectivity index (χ0) is 21.8. The number of carbonyl (C=O) groups is 1. The first kappa shape index (κ1) is 21.1. The minimum Gasteiger partial charge on any atom is -0.496 e. The molecule has 1 amide bonds. The smallest absolute Gasteiger partial charge is 0.244 e. The van der Waals surface area contributed by atoms with Crippen LogP contribution in [0.5, 0.6) is 11.5 Å². The molecular weight excluding hydrogens is 456 g/mol. The van der Waals surface area contributed by atoms with Crippen LogP contribution in [-0.4, -0.2) is 26.3 Å². The lowest BCUT2D eigenvalue weighted by Gasteiger charge is -2.18. The number of carbonyl (C=O) groups excluding carboxylic acids is 1. The van der Waals surface area contributed by atoms with Crippen molar-refractivity contribution in [2.24, 2.45) is 11.0 Å². The van der Waals surface area contributed by atoms with Crippen LogP contribution in [0.25, 0.3) is 0 Å². The van der Waals surface area contributed by atoms with Gasteiger partial charge in [-0.1, -0.05) is 60.7 Å². The summed E-state index contributed by atoms with van der Waals surface area (Å²) >= 11 is 3.46. The molecule has 0 radical (unpaired) electrons. The van der Waals surface area contributed by atoms with E-state index in [9.17, 15) is 4.79 Å². The number of methoxy groups -OCH3 is 2. The average Bonchev–Trinajstić information content (AvgIpc) is 3.57. The maximum absolute atomic E-state index is 13.0. The Morgan fingerprint density at radius 3 is 2.13 bits per heavy atom. The predicted molar refractivity (Wildman–Crippen MR) is 125 cm³/mol. The highest BCUT2D eigenvalue weighted by atomic mass is 79.9. The zero-order valence-electron chi connectivity index (χ0n) is 17.3. The molecule has 1 fully saturated rings. The van der Waals surface area contributed by atoms with Gasteiger partial charge in [-0.25, -0.2) is 5.43 Å². The van der Waals surface area contributed by atoms with E-state index in [0.717, 1.165) is 27.6 Å². The quantitative estimate of drug-likeness (QED) is 0.387. The number of halogens is 1. The first-order valence-corrected chi connectivity index (χ1v) is 10.7. The maximum atomic E-state index is 13.0. The minimum absolute atomic E-state index is 0.101. The molecule has 1 aliphatic carbocycles. The van der Waals surface area contributed by atoms with Crippen molar-refractivity contribution in [2.45, 2.75) is 11.8 Å². The van der Waals surface area contributed by atoms with Crippen molar-refractivity contribution in [3.05, 3.63) is 94.0 Å². The van der Waals surface area contributed by atoms with Crippen LogP contribution in [0.15, 0.2) is 82.4 Å². The first-order valence-electron chi connectivity index (χ1n) is 9.95. The van der Waals surface area contributed by atoms with E-state index in [1.165, 1.54) is 0 Å². The van der Waals surface area contributed by atoms with Gasteiger partial charge in [0.05, 0.1) is 30.8 Å². The fraction of sp³-hybridized carbons (Fsp3) is 0.200. The first-order chi connectivity index (χ1) is 15.1. The largest absolute Gasteiger partial charge is 0.496 e. The van der Waals surface area contributed by atoms with Crippen LogP contribution in [-0.2, 0) is 10.2 Å². The van der Waals surface area contributed by atoms with E-state index in [4.69, 9.17) is 9.47 Å². The molecule has 0 bridgehead atoms. The van der Waals surface area contributed by atoms with E-state index in [2.05, 4.69) is 50.7 Å². The van der Waals surface area contributed by atoms with E-state index in [1.807, 2.05) is 42.5 Å². The highest BCUT2D eigenvalue weighted by molar-refractivity contribution is 9.10. The van der Waals surface area contributed by atoms with Crippen molar-refractivity contribution in [2.75, 3.05) is 14.2 Å². The third-order valence-electron chi connectivity index (χ3n) is 5.74. The number of nitrogens with zero attached hydrogens (tertiary/aromatic N) is 1. The van der Waals surface area contributed by atoms with Crippen molar-refractivity contribution in [3.63, 3.8) is 0 Å². The van der Waals surface area contributed by atoms with Crippen LogP contribution in [0.4, 0.5) is 0 Å². The second kappa shape index (κ2) is 8.94. The molecule has 158 valence electrons. The summed E-state index contributed by atoms with van der Waals surface area (Å²) < 4.78 is 11.5. The molecule has 3 aromatic carbocycles. The van der Waals surface area contributed by atoms with Gasteiger partial charge in [-0.2, -0.15) is 5.10 Å². The molecule has 0 spiro atoms. The van der Waals surface area contributed by atoms with E-state index in [-0.39, 0.29) is 17.2 Å². The Morgan fingerprint density at radius 2 is 1.58 bits per heavy atom. The monoisotopic (exact) mass is 478 g/mol. The maximum Gasteiger partial charge on any atom is 0.244 e. The van der Waals surface area contributed by atoms with Gasteiger partial charge >= 0.3 is 0 Å². The fourth-order valence-electron chi connectivity index (χ4n) is 4.08. The molecular formula is C25H23BrN2O3. The SMILES string of the molecule is COc1cc(OC)c(C=NNC(=O)[C@@H]2CC2(c2ccccc2)c2ccccc2)cc1Br. The van der Waals surface area contributed by atoms with Crippen LogP contribution in [0, 0.1) is 5.92 Å². The number of benzene rings is 3. The molecule has 5 nitrogen and oxygen atoms in total. The Bertz CT molecular complexity index is 1060. The summed E-state index contributed by atoms with van der Waals surface area (Å²) in [5, 5.41) is 4.19. The Morgan fingerprint density at radius 1 is 1.00 bits per heavy atom. The number of hydrazone groups is 1. The van der Waals surface area contributed by atoms with E-state index in [0.29, 0.717) is 11.5 Å². The summed E-state index contributed by atoms with van der Waals surface area (Å²) in [6, 6.07) is 24.0. The van der Waals surface area contributed by atoms with Gasteiger partial charge in [0.15, 0.2) is 0 Å².